The van der Waals surface area contributed by atoms with Crippen molar-refractivity contribution in [2.75, 3.05) is 26.4 Å². The molecule has 3 aliphatic rings. The van der Waals surface area contributed by atoms with Crippen LogP contribution in [0.2, 0.25) is 10.0 Å². The molecule has 0 unspecified atom stereocenters. The van der Waals surface area contributed by atoms with Crippen molar-refractivity contribution in [2.24, 2.45) is 0 Å². The number of alkyl carbamates (subject to hydrolysis) is 1. The van der Waals surface area contributed by atoms with Gasteiger partial charge in [-0.25, -0.2) is 18.1 Å². The number of fused-ring (bicyclic) bond motifs is 3. The summed E-state index contributed by atoms with van der Waals surface area (Å²) >= 11 is 11.5. The Labute approximate surface area is 349 Å². The van der Waals surface area contributed by atoms with Gasteiger partial charge in [0.15, 0.2) is 13.2 Å². The molecule has 7 rings (SSSR count). The molecule has 0 aromatic heterocycles. The van der Waals surface area contributed by atoms with Gasteiger partial charge in [-0.15, -0.1) is 0 Å². The van der Waals surface area contributed by atoms with Crippen LogP contribution in [-0.4, -0.2) is 61.5 Å². The lowest BCUT2D eigenvalue weighted by molar-refractivity contribution is -0.137. The molecule has 3 aliphatic carbocycles. The highest BCUT2D eigenvalue weighted by Gasteiger charge is 2.57. The lowest BCUT2D eigenvalue weighted by Crippen LogP contribution is -2.71. The van der Waals surface area contributed by atoms with E-state index in [0.717, 1.165) is 23.3 Å². The predicted molar refractivity (Wildman–Crippen MR) is 213 cm³/mol. The lowest BCUT2D eigenvalue weighted by atomic mass is 9.59. The maximum Gasteiger partial charge on any atom is 0.475 e. The Kier molecular flexibility index (Phi) is 14.8. The van der Waals surface area contributed by atoms with E-state index in [4.69, 9.17) is 51.0 Å². The summed E-state index contributed by atoms with van der Waals surface area (Å²) in [4.78, 5) is 39.7. The number of rotatable bonds is 19. The second-order valence-corrected chi connectivity index (χ2v) is 16.6. The van der Waals surface area contributed by atoms with Crippen LogP contribution in [0.15, 0.2) is 97.1 Å². The zero-order valence-corrected chi connectivity index (χ0v) is 34.0. The normalized spacial score (nSPS) is 19.7. The van der Waals surface area contributed by atoms with Crippen molar-refractivity contribution in [2.45, 2.75) is 62.5 Å². The largest absolute Gasteiger partial charge is 0.484 e. The minimum absolute atomic E-state index is 0.0520. The molecule has 0 aliphatic heterocycles. The highest BCUT2D eigenvalue weighted by molar-refractivity contribution is 7.48. The first-order chi connectivity index (χ1) is 28.3. The van der Waals surface area contributed by atoms with Gasteiger partial charge in [0.25, 0.3) is 11.8 Å². The molecule has 0 radical (unpaired) electrons. The number of amides is 3. The molecule has 4 aromatic carbocycles. The average molecular weight is 877 g/mol. The van der Waals surface area contributed by atoms with Crippen molar-refractivity contribution in [3.05, 3.63) is 130 Å². The van der Waals surface area contributed by atoms with Gasteiger partial charge in [-0.2, -0.15) is 0 Å². The third-order valence-electron chi connectivity index (χ3n) is 9.94. The van der Waals surface area contributed by atoms with Crippen LogP contribution < -0.4 is 25.4 Å². The fraction of sp³-hybridized carbons (Fsp3) is 0.341. The maximum atomic E-state index is 14.0. The molecule has 0 saturated heterocycles. The second-order valence-electron chi connectivity index (χ2n) is 14.1. The Morgan fingerprint density at radius 1 is 0.695 bits per heavy atom. The standard InChI is InChI=1S/C41H42Cl2F2N3O10P/c42-32-13-11-30(21-34(32)44)53-26-37(49)47-40-15-17-41(18-16-40,48-38(50)27-54-31-12-14-33(43)35(45)22-31)36(23-40)58-39(51)46-19-20-55-59(52,56-24-28-7-3-1-4-8-28)57-25-29-9-5-2-6-10-29/h1-14,21-22,36H,15-20,23-27H2,(H,46,51)(H,47,49)(H,48,50)/t36-,40?,41?/m0/s1. The van der Waals surface area contributed by atoms with E-state index in [9.17, 15) is 27.7 Å². The van der Waals surface area contributed by atoms with Crippen LogP contribution in [0, 0.1) is 11.6 Å². The van der Waals surface area contributed by atoms with E-state index in [2.05, 4.69) is 16.0 Å². The van der Waals surface area contributed by atoms with Gasteiger partial charge in [0.05, 0.1) is 35.4 Å². The van der Waals surface area contributed by atoms with Gasteiger partial charge in [0, 0.05) is 30.6 Å². The van der Waals surface area contributed by atoms with Crippen LogP contribution in [0.3, 0.4) is 0 Å². The number of carbonyl (C=O) groups is 3. The molecule has 3 saturated carbocycles. The predicted octanol–water partition coefficient (Wildman–Crippen LogP) is 8.07. The number of hydrogen-bond acceptors (Lipinski definition) is 10. The summed E-state index contributed by atoms with van der Waals surface area (Å²) in [6.07, 6.45) is -0.254. The third-order valence-corrected chi connectivity index (χ3v) is 11.9. The van der Waals surface area contributed by atoms with Gasteiger partial charge >= 0.3 is 13.9 Å². The van der Waals surface area contributed by atoms with Crippen LogP contribution >= 0.6 is 31.0 Å². The summed E-state index contributed by atoms with van der Waals surface area (Å²) in [5, 5.41) is 8.38. The Morgan fingerprint density at radius 2 is 1.20 bits per heavy atom. The molecule has 4 aromatic rings. The number of hydrogen-bond donors (Lipinski definition) is 3. The number of ether oxygens (including phenoxy) is 3. The van der Waals surface area contributed by atoms with E-state index in [1.165, 1.54) is 24.3 Å². The summed E-state index contributed by atoms with van der Waals surface area (Å²) in [7, 11) is -4.12. The maximum absolute atomic E-state index is 14.0. The topological polar surface area (TPSA) is 160 Å². The molecule has 1 atom stereocenters. The SMILES string of the molecule is O=C(COc1ccc(Cl)c(F)c1)NC12CCC(NC(=O)COc3ccc(Cl)c(F)c3)(CC1)[C@@H](OC(=O)NCCOP(=O)(OCc1ccccc1)OCc1ccccc1)C2. The van der Waals surface area contributed by atoms with Crippen molar-refractivity contribution in [3.63, 3.8) is 0 Å². The van der Waals surface area contributed by atoms with E-state index >= 15 is 0 Å². The van der Waals surface area contributed by atoms with E-state index < -0.39 is 67.8 Å². The molecule has 3 N–H and O–H groups in total. The molecule has 0 heterocycles. The summed E-state index contributed by atoms with van der Waals surface area (Å²) in [5.41, 5.74) is -0.390. The minimum Gasteiger partial charge on any atom is -0.484 e. The van der Waals surface area contributed by atoms with Gasteiger partial charge in [-0.3, -0.25) is 23.2 Å². The van der Waals surface area contributed by atoms with Gasteiger partial charge in [-0.05, 0) is 61.1 Å². The quantitative estimate of drug-likeness (QED) is 0.0621. The highest BCUT2D eigenvalue weighted by Crippen LogP contribution is 2.51. The number of carbonyl (C=O) groups excluding carboxylic acids is 3. The Balaban J connectivity index is 1.07. The zero-order valence-electron chi connectivity index (χ0n) is 31.6. The van der Waals surface area contributed by atoms with Crippen LogP contribution in [0.5, 0.6) is 11.5 Å². The molecule has 18 heteroatoms. The van der Waals surface area contributed by atoms with Gasteiger partial charge in [0.2, 0.25) is 0 Å². The molecule has 3 amide bonds. The van der Waals surface area contributed by atoms with Gasteiger partial charge in [-0.1, -0.05) is 83.9 Å². The Hall–Kier alpha value is -4.76. The number of benzene rings is 4. The van der Waals surface area contributed by atoms with E-state index in [1.54, 1.807) is 24.3 Å². The van der Waals surface area contributed by atoms with Crippen LogP contribution in [0.25, 0.3) is 0 Å². The third kappa shape index (κ3) is 12.4. The second kappa shape index (κ2) is 20.0. The molecule has 59 heavy (non-hydrogen) atoms. The summed E-state index contributed by atoms with van der Waals surface area (Å²) in [6.45, 7) is -1.43. The molecule has 2 bridgehead atoms. The Morgan fingerprint density at radius 3 is 1.71 bits per heavy atom. The first-order valence-electron chi connectivity index (χ1n) is 18.7. The van der Waals surface area contributed by atoms with Crippen LogP contribution in [0.1, 0.15) is 43.2 Å². The molecular weight excluding hydrogens is 834 g/mol. The number of phosphoric acid groups is 1. The van der Waals surface area contributed by atoms with Crippen molar-refractivity contribution in [1.82, 2.24) is 16.0 Å². The molecule has 0 spiro atoms. The van der Waals surface area contributed by atoms with Crippen molar-refractivity contribution >= 4 is 48.9 Å². The average Bonchev–Trinajstić information content (AvgIpc) is 3.23. The fourth-order valence-electron chi connectivity index (χ4n) is 6.91. The zero-order chi connectivity index (χ0) is 41.9. The van der Waals surface area contributed by atoms with Crippen molar-refractivity contribution < 1.29 is 55.5 Å². The van der Waals surface area contributed by atoms with Crippen molar-refractivity contribution in [3.8, 4) is 11.5 Å². The summed E-state index contributed by atoms with van der Waals surface area (Å²) < 4.78 is 75.3. The van der Waals surface area contributed by atoms with Crippen molar-refractivity contribution in [1.29, 1.82) is 0 Å². The van der Waals surface area contributed by atoms with E-state index in [0.29, 0.717) is 25.7 Å². The lowest BCUT2D eigenvalue weighted by Gasteiger charge is -2.57. The fourth-order valence-corrected chi connectivity index (χ4v) is 8.30. The number of nitrogens with one attached hydrogen (secondary N) is 3. The number of halogens is 4. The van der Waals surface area contributed by atoms with Crippen LogP contribution in [0.4, 0.5) is 13.6 Å². The summed E-state index contributed by atoms with van der Waals surface area (Å²) in [5.74, 6) is -2.24. The monoisotopic (exact) mass is 875 g/mol. The minimum atomic E-state index is -4.12. The summed E-state index contributed by atoms with van der Waals surface area (Å²) in [6, 6.07) is 25.7. The first-order valence-corrected chi connectivity index (χ1v) is 20.9. The van der Waals surface area contributed by atoms with Crippen LogP contribution in [-0.2, 0) is 45.7 Å². The Bertz CT molecular complexity index is 2080. The molecule has 3 fully saturated rings. The van der Waals surface area contributed by atoms with Gasteiger partial charge < -0.3 is 30.2 Å². The number of phosphoric ester groups is 1. The van der Waals surface area contributed by atoms with Gasteiger partial charge in [0.1, 0.15) is 29.2 Å². The first kappa shape index (κ1) is 43.8. The smallest absolute Gasteiger partial charge is 0.475 e. The van der Waals surface area contributed by atoms with E-state index in [1.807, 2.05) is 36.4 Å². The highest BCUT2D eigenvalue weighted by atomic mass is 35.5. The molecule has 314 valence electrons. The molecular formula is C41H42Cl2F2N3O10P. The van der Waals surface area contributed by atoms with E-state index in [-0.39, 0.29) is 54.3 Å². The molecule has 13 nitrogen and oxygen atoms in total.